The molecule has 1 amide bonds. The van der Waals surface area contributed by atoms with Gasteiger partial charge in [-0.15, -0.1) is 0 Å². The van der Waals surface area contributed by atoms with E-state index in [9.17, 15) is 9.59 Å². The number of pyridine rings is 1. The molecule has 0 bridgehead atoms. The number of amides is 1. The Bertz CT molecular complexity index is 1220. The first-order chi connectivity index (χ1) is 16.6. The molecule has 3 aromatic carbocycles. The minimum absolute atomic E-state index is 0.0517. The van der Waals surface area contributed by atoms with Crippen molar-refractivity contribution in [3.05, 3.63) is 108 Å². The number of carbonyl (C=O) groups excluding carboxylic acids is 2. The van der Waals surface area contributed by atoms with Crippen molar-refractivity contribution in [2.45, 2.75) is 39.7 Å². The van der Waals surface area contributed by atoms with Crippen molar-refractivity contribution in [1.29, 1.82) is 0 Å². The van der Waals surface area contributed by atoms with Crippen molar-refractivity contribution in [2.75, 3.05) is 5.32 Å². The van der Waals surface area contributed by atoms with Crippen LogP contribution >= 0.6 is 0 Å². The van der Waals surface area contributed by atoms with Gasteiger partial charge in [0, 0.05) is 23.5 Å². The summed E-state index contributed by atoms with van der Waals surface area (Å²) in [6, 6.07) is 24.3. The SMILES string of the molecule is CC.CC[C@H](C(=O)Nc1ccc2cnccc2c1)c1ccc(COC(=O)c2ccccc2)cc1. The Hall–Kier alpha value is -3.99. The first-order valence-electron chi connectivity index (χ1n) is 11.6. The van der Waals surface area contributed by atoms with Crippen molar-refractivity contribution in [2.24, 2.45) is 0 Å². The van der Waals surface area contributed by atoms with Gasteiger partial charge >= 0.3 is 5.97 Å². The van der Waals surface area contributed by atoms with E-state index in [0.29, 0.717) is 12.0 Å². The molecule has 0 radical (unpaired) electrons. The highest BCUT2D eigenvalue weighted by Gasteiger charge is 2.19. The van der Waals surface area contributed by atoms with Gasteiger partial charge in [0.05, 0.1) is 11.5 Å². The number of fused-ring (bicyclic) bond motifs is 1. The first kappa shape index (κ1) is 24.6. The Morgan fingerprint density at radius 1 is 0.912 bits per heavy atom. The molecule has 174 valence electrons. The molecule has 1 aromatic heterocycles. The second kappa shape index (κ2) is 12.3. The molecule has 1 atom stereocenters. The molecule has 0 aliphatic rings. The summed E-state index contributed by atoms with van der Waals surface area (Å²) in [4.78, 5) is 29.2. The number of hydrogen-bond donors (Lipinski definition) is 1. The number of anilines is 1. The van der Waals surface area contributed by atoms with E-state index < -0.39 is 0 Å². The van der Waals surface area contributed by atoms with Crippen LogP contribution in [0, 0.1) is 0 Å². The maximum Gasteiger partial charge on any atom is 0.338 e. The highest BCUT2D eigenvalue weighted by atomic mass is 16.5. The number of aromatic nitrogens is 1. The minimum atomic E-state index is -0.355. The zero-order chi connectivity index (χ0) is 24.3. The van der Waals surface area contributed by atoms with Gasteiger partial charge in [0.15, 0.2) is 0 Å². The Morgan fingerprint density at radius 2 is 1.65 bits per heavy atom. The van der Waals surface area contributed by atoms with Gasteiger partial charge in [-0.25, -0.2) is 4.79 Å². The topological polar surface area (TPSA) is 68.3 Å². The van der Waals surface area contributed by atoms with Crippen LogP contribution in [-0.2, 0) is 16.1 Å². The summed E-state index contributed by atoms with van der Waals surface area (Å²) >= 11 is 0. The monoisotopic (exact) mass is 454 g/mol. The van der Waals surface area contributed by atoms with Crippen LogP contribution in [0.25, 0.3) is 10.8 Å². The number of rotatable bonds is 7. The highest BCUT2D eigenvalue weighted by Crippen LogP contribution is 2.24. The minimum Gasteiger partial charge on any atom is -0.457 e. The van der Waals surface area contributed by atoms with Gasteiger partial charge in [0.25, 0.3) is 0 Å². The number of ether oxygens (including phenoxy) is 1. The molecule has 5 nitrogen and oxygen atoms in total. The quantitative estimate of drug-likeness (QED) is 0.314. The predicted octanol–water partition coefficient (Wildman–Crippen LogP) is 6.75. The van der Waals surface area contributed by atoms with E-state index >= 15 is 0 Å². The van der Waals surface area contributed by atoms with E-state index in [1.807, 2.05) is 75.4 Å². The summed E-state index contributed by atoms with van der Waals surface area (Å²) in [6.07, 6.45) is 4.21. The van der Waals surface area contributed by atoms with Crippen molar-refractivity contribution in [3.63, 3.8) is 0 Å². The molecule has 0 saturated heterocycles. The summed E-state index contributed by atoms with van der Waals surface area (Å²) in [5, 5.41) is 5.08. The van der Waals surface area contributed by atoms with E-state index in [1.54, 1.807) is 36.7 Å². The van der Waals surface area contributed by atoms with Gasteiger partial charge < -0.3 is 10.1 Å². The van der Waals surface area contributed by atoms with Gasteiger partial charge in [-0.3, -0.25) is 9.78 Å². The van der Waals surface area contributed by atoms with E-state index in [4.69, 9.17) is 4.74 Å². The Kier molecular flexibility index (Phi) is 8.92. The molecular formula is C29H30N2O3. The van der Waals surface area contributed by atoms with E-state index in [1.165, 1.54) is 0 Å². The van der Waals surface area contributed by atoms with Gasteiger partial charge in [-0.2, -0.15) is 0 Å². The molecule has 0 fully saturated rings. The van der Waals surface area contributed by atoms with Gasteiger partial charge in [-0.1, -0.05) is 69.3 Å². The Labute approximate surface area is 200 Å². The number of benzene rings is 3. The molecule has 0 aliphatic heterocycles. The normalized spacial score (nSPS) is 11.1. The largest absolute Gasteiger partial charge is 0.457 e. The zero-order valence-electron chi connectivity index (χ0n) is 19.8. The average Bonchev–Trinajstić information content (AvgIpc) is 2.90. The lowest BCUT2D eigenvalue weighted by molar-refractivity contribution is -0.117. The second-order valence-electron chi connectivity index (χ2n) is 7.57. The van der Waals surface area contributed by atoms with Crippen LogP contribution in [0.5, 0.6) is 0 Å². The molecule has 1 N–H and O–H groups in total. The van der Waals surface area contributed by atoms with Crippen molar-refractivity contribution >= 4 is 28.3 Å². The van der Waals surface area contributed by atoms with Crippen LogP contribution in [0.15, 0.2) is 91.3 Å². The molecule has 0 saturated carbocycles. The van der Waals surface area contributed by atoms with Crippen LogP contribution in [-0.4, -0.2) is 16.9 Å². The van der Waals surface area contributed by atoms with Crippen LogP contribution in [0.3, 0.4) is 0 Å². The third-order valence-corrected chi connectivity index (χ3v) is 5.39. The fourth-order valence-electron chi connectivity index (χ4n) is 3.62. The number of carbonyl (C=O) groups is 2. The molecule has 34 heavy (non-hydrogen) atoms. The molecule has 1 heterocycles. The molecule has 4 rings (SSSR count). The molecular weight excluding hydrogens is 424 g/mol. The lowest BCUT2D eigenvalue weighted by Gasteiger charge is -2.16. The third-order valence-electron chi connectivity index (χ3n) is 5.39. The number of hydrogen-bond acceptors (Lipinski definition) is 4. The number of nitrogens with one attached hydrogen (secondary N) is 1. The average molecular weight is 455 g/mol. The van der Waals surface area contributed by atoms with E-state index in [-0.39, 0.29) is 24.4 Å². The summed E-state index contributed by atoms with van der Waals surface area (Å²) in [6.45, 7) is 6.18. The van der Waals surface area contributed by atoms with Gasteiger partial charge in [0.2, 0.25) is 5.91 Å². The van der Waals surface area contributed by atoms with Crippen LogP contribution < -0.4 is 5.32 Å². The van der Waals surface area contributed by atoms with Crippen molar-refractivity contribution in [3.8, 4) is 0 Å². The standard InChI is InChI=1S/C27H24N2O3.C2H6/c1-2-25(26(30)29-24-13-12-23-17-28-15-14-22(23)16-24)20-10-8-19(9-11-20)18-32-27(31)21-6-4-3-5-7-21;1-2/h3-17,25H,2,18H2,1H3,(H,29,30);1-2H3/t25-;/m0./s1. The summed E-state index contributed by atoms with van der Waals surface area (Å²) in [5.41, 5.74) is 3.08. The Morgan fingerprint density at radius 3 is 2.35 bits per heavy atom. The van der Waals surface area contributed by atoms with Crippen molar-refractivity contribution < 1.29 is 14.3 Å². The molecule has 0 unspecified atom stereocenters. The lowest BCUT2D eigenvalue weighted by Crippen LogP contribution is -2.20. The molecule has 4 aromatic rings. The van der Waals surface area contributed by atoms with Crippen molar-refractivity contribution in [1.82, 2.24) is 4.98 Å². The second-order valence-corrected chi connectivity index (χ2v) is 7.57. The van der Waals surface area contributed by atoms with Gasteiger partial charge in [0.1, 0.15) is 6.61 Å². The summed E-state index contributed by atoms with van der Waals surface area (Å²) in [7, 11) is 0. The number of esters is 1. The maximum absolute atomic E-state index is 12.9. The third kappa shape index (κ3) is 6.29. The van der Waals surface area contributed by atoms with Crippen LogP contribution in [0.2, 0.25) is 0 Å². The lowest BCUT2D eigenvalue weighted by atomic mass is 9.94. The number of nitrogens with zero attached hydrogens (tertiary/aromatic N) is 1. The fraction of sp³-hybridized carbons (Fsp3) is 0.207. The molecule has 0 spiro atoms. The first-order valence-corrected chi connectivity index (χ1v) is 11.6. The van der Waals surface area contributed by atoms with Crippen LogP contribution in [0.4, 0.5) is 5.69 Å². The zero-order valence-corrected chi connectivity index (χ0v) is 19.8. The Balaban J connectivity index is 0.00000158. The molecule has 5 heteroatoms. The summed E-state index contributed by atoms with van der Waals surface area (Å²) < 4.78 is 5.38. The van der Waals surface area contributed by atoms with E-state index in [0.717, 1.165) is 27.6 Å². The van der Waals surface area contributed by atoms with Crippen LogP contribution in [0.1, 0.15) is 54.6 Å². The molecule has 0 aliphatic carbocycles. The summed E-state index contributed by atoms with van der Waals surface area (Å²) in [5.74, 6) is -0.681. The maximum atomic E-state index is 12.9. The highest BCUT2D eigenvalue weighted by molar-refractivity contribution is 5.98. The van der Waals surface area contributed by atoms with Gasteiger partial charge in [-0.05, 0) is 53.3 Å². The van der Waals surface area contributed by atoms with E-state index in [2.05, 4.69) is 10.3 Å². The predicted molar refractivity (Wildman–Crippen MR) is 137 cm³/mol. The smallest absolute Gasteiger partial charge is 0.338 e. The fourth-order valence-corrected chi connectivity index (χ4v) is 3.62.